The molecule has 3 atom stereocenters. The number of hydrogen-bond donors (Lipinski definition) is 2. The minimum Gasteiger partial charge on any atom is -0.595 e. The molecule has 8 heteroatoms. The maximum atomic E-state index is 12.9. The van der Waals surface area contributed by atoms with E-state index in [1.165, 1.54) is 45.2 Å². The number of fused-ring (bicyclic) bond motifs is 4. The lowest BCUT2D eigenvalue weighted by molar-refractivity contribution is -0.991. The second-order valence-electron chi connectivity index (χ2n) is 8.40. The van der Waals surface area contributed by atoms with E-state index >= 15 is 0 Å². The van der Waals surface area contributed by atoms with Crippen LogP contribution in [0.4, 0.5) is 5.69 Å². The summed E-state index contributed by atoms with van der Waals surface area (Å²) in [4.78, 5) is 22.1. The number of aromatic nitrogens is 2. The average Bonchev–Trinajstić information content (AvgIpc) is 3.05. The van der Waals surface area contributed by atoms with Crippen LogP contribution in [-0.4, -0.2) is 56.1 Å². The molecule has 8 nitrogen and oxygen atoms in total. The Hall–Kier alpha value is -2.00. The molecule has 5 rings (SSSR count). The summed E-state index contributed by atoms with van der Waals surface area (Å²) in [6, 6.07) is 5.56. The molecule has 0 radical (unpaired) electrons. The third-order valence-electron chi connectivity index (χ3n) is 6.74. The molecule has 2 saturated heterocycles. The van der Waals surface area contributed by atoms with Crippen LogP contribution in [-0.2, 0) is 17.9 Å². The minimum atomic E-state index is -0.958. The predicted octanol–water partition coefficient (Wildman–Crippen LogP) is 1.05. The maximum Gasteiger partial charge on any atom is 0.242 e. The Labute approximate surface area is 163 Å². The number of hydrogen-bond acceptors (Lipinski definition) is 5. The van der Waals surface area contributed by atoms with Crippen molar-refractivity contribution in [2.75, 3.05) is 19.6 Å². The minimum absolute atomic E-state index is 0.141. The smallest absolute Gasteiger partial charge is 0.242 e. The van der Waals surface area contributed by atoms with Gasteiger partial charge in [-0.15, -0.1) is 0 Å². The Morgan fingerprint density at radius 2 is 2.04 bits per heavy atom. The molecule has 0 saturated carbocycles. The molecule has 0 spiro atoms. The van der Waals surface area contributed by atoms with E-state index in [0.29, 0.717) is 30.6 Å². The fourth-order valence-electron chi connectivity index (χ4n) is 5.34. The molecule has 1 aromatic heterocycles. The molecule has 3 aliphatic rings. The Kier molecular flexibility index (Phi) is 4.59. The van der Waals surface area contributed by atoms with E-state index < -0.39 is 5.23 Å². The van der Waals surface area contributed by atoms with Crippen molar-refractivity contribution in [1.29, 1.82) is 0 Å². The molecule has 28 heavy (non-hydrogen) atoms. The van der Waals surface area contributed by atoms with Crippen molar-refractivity contribution in [3.8, 4) is 0 Å². The van der Waals surface area contributed by atoms with Crippen molar-refractivity contribution in [3.63, 3.8) is 0 Å². The second-order valence-corrected chi connectivity index (χ2v) is 8.40. The van der Waals surface area contributed by atoms with Gasteiger partial charge in [-0.05, 0) is 50.8 Å². The summed E-state index contributed by atoms with van der Waals surface area (Å²) in [6.45, 7) is 4.02. The van der Waals surface area contributed by atoms with Crippen molar-refractivity contribution >= 4 is 22.6 Å². The summed E-state index contributed by atoms with van der Waals surface area (Å²) in [5.41, 5.74) is 1.72. The van der Waals surface area contributed by atoms with E-state index in [4.69, 9.17) is 0 Å². The molecule has 2 fully saturated rings. The van der Waals surface area contributed by atoms with Crippen LogP contribution in [0.2, 0.25) is 0 Å². The van der Waals surface area contributed by atoms with Gasteiger partial charge < -0.3 is 19.6 Å². The van der Waals surface area contributed by atoms with Gasteiger partial charge in [-0.25, -0.2) is 10.2 Å². The summed E-state index contributed by atoms with van der Waals surface area (Å²) in [6.07, 6.45) is 6.27. The van der Waals surface area contributed by atoms with E-state index in [0.717, 1.165) is 17.9 Å². The van der Waals surface area contributed by atoms with E-state index in [1.807, 2.05) is 9.47 Å². The van der Waals surface area contributed by atoms with Crippen molar-refractivity contribution in [2.24, 2.45) is 5.92 Å². The van der Waals surface area contributed by atoms with Gasteiger partial charge in [0.05, 0.1) is 17.6 Å². The summed E-state index contributed by atoms with van der Waals surface area (Å²) in [7, 11) is 0. The topological polar surface area (TPSA) is 89.1 Å². The van der Waals surface area contributed by atoms with Crippen LogP contribution in [0.3, 0.4) is 0 Å². The molecule has 3 aliphatic heterocycles. The summed E-state index contributed by atoms with van der Waals surface area (Å²) in [5.74, 6) is 1.54. The maximum absolute atomic E-state index is 12.9. The first kappa shape index (κ1) is 18.1. The van der Waals surface area contributed by atoms with E-state index in [2.05, 4.69) is 9.88 Å². The van der Waals surface area contributed by atoms with Crippen LogP contribution < -0.4 is 5.23 Å². The predicted molar refractivity (Wildman–Crippen MR) is 103 cm³/mol. The van der Waals surface area contributed by atoms with Gasteiger partial charge >= 0.3 is 0 Å². The molecular formula is C20H27N5O3. The molecule has 1 unspecified atom stereocenters. The van der Waals surface area contributed by atoms with Gasteiger partial charge in [0.2, 0.25) is 5.91 Å². The molecule has 1 amide bonds. The molecule has 2 aromatic rings. The van der Waals surface area contributed by atoms with Crippen molar-refractivity contribution in [1.82, 2.24) is 19.4 Å². The van der Waals surface area contributed by atoms with Crippen molar-refractivity contribution in [2.45, 2.75) is 51.2 Å². The molecule has 4 heterocycles. The van der Waals surface area contributed by atoms with Gasteiger partial charge in [-0.2, -0.15) is 5.23 Å². The standard InChI is InChI=1S/C20H27N5O3/c26-20-13-24-18-7-6-15(25(27)28)10-16(18)21-19(24)12-23(20)11-14-4-3-9-22-8-2-1-5-17(14)22/h6-7,10,14,17,25,27H,1-5,8-9,11-13H2/t14-,17-/m1/s1. The molecular weight excluding hydrogens is 358 g/mol. The number of piperidine rings is 2. The van der Waals surface area contributed by atoms with E-state index in [1.54, 1.807) is 18.2 Å². The zero-order chi connectivity index (χ0) is 19.3. The Morgan fingerprint density at radius 1 is 1.18 bits per heavy atom. The van der Waals surface area contributed by atoms with Gasteiger partial charge in [0.15, 0.2) is 5.69 Å². The highest BCUT2D eigenvalue weighted by atomic mass is 16.8. The third kappa shape index (κ3) is 3.10. The van der Waals surface area contributed by atoms with Gasteiger partial charge in [-0.3, -0.25) is 4.79 Å². The Morgan fingerprint density at radius 3 is 2.89 bits per heavy atom. The molecule has 2 N–H and O–H groups in total. The lowest BCUT2D eigenvalue weighted by atomic mass is 9.83. The molecule has 0 aliphatic carbocycles. The summed E-state index contributed by atoms with van der Waals surface area (Å²) >= 11 is 0. The largest absolute Gasteiger partial charge is 0.595 e. The first-order valence-electron chi connectivity index (χ1n) is 10.3. The number of amides is 1. The van der Waals surface area contributed by atoms with Crippen LogP contribution in [0.15, 0.2) is 18.2 Å². The molecule has 0 bridgehead atoms. The first-order valence-corrected chi connectivity index (χ1v) is 10.3. The van der Waals surface area contributed by atoms with Crippen LogP contribution in [0.1, 0.15) is 37.9 Å². The van der Waals surface area contributed by atoms with Crippen LogP contribution >= 0.6 is 0 Å². The summed E-state index contributed by atoms with van der Waals surface area (Å²) < 4.78 is 1.94. The zero-order valence-electron chi connectivity index (χ0n) is 16.0. The lowest BCUT2D eigenvalue weighted by Gasteiger charge is -2.46. The van der Waals surface area contributed by atoms with Gasteiger partial charge in [-0.1, -0.05) is 6.42 Å². The number of rotatable bonds is 3. The highest BCUT2D eigenvalue weighted by molar-refractivity contribution is 5.84. The van der Waals surface area contributed by atoms with Gasteiger partial charge in [0.1, 0.15) is 12.4 Å². The average molecular weight is 385 g/mol. The van der Waals surface area contributed by atoms with Crippen molar-refractivity contribution in [3.05, 3.63) is 29.2 Å². The quantitative estimate of drug-likeness (QED) is 0.771. The highest BCUT2D eigenvalue weighted by Crippen LogP contribution is 2.32. The highest BCUT2D eigenvalue weighted by Gasteiger charge is 2.36. The normalized spacial score (nSPS) is 26.9. The van der Waals surface area contributed by atoms with E-state index in [9.17, 15) is 15.2 Å². The Bertz CT molecular complexity index is 893. The lowest BCUT2D eigenvalue weighted by Crippen LogP contribution is -2.99. The molecule has 150 valence electrons. The van der Waals surface area contributed by atoms with Crippen molar-refractivity contribution < 1.29 is 15.2 Å². The zero-order valence-corrected chi connectivity index (χ0v) is 16.0. The van der Waals surface area contributed by atoms with Crippen LogP contribution in [0, 0.1) is 11.1 Å². The van der Waals surface area contributed by atoms with Crippen LogP contribution in [0.5, 0.6) is 0 Å². The first-order chi connectivity index (χ1) is 13.6. The molecule has 1 aromatic carbocycles. The third-order valence-corrected chi connectivity index (χ3v) is 6.74. The van der Waals surface area contributed by atoms with Gasteiger partial charge in [0.25, 0.3) is 0 Å². The Balaban J connectivity index is 1.37. The number of nitrogens with one attached hydrogen (secondary N) is 1. The number of carbonyl (C=O) groups excluding carboxylic acids is 1. The number of benzene rings is 1. The fourth-order valence-corrected chi connectivity index (χ4v) is 5.34. The van der Waals surface area contributed by atoms with Crippen LogP contribution in [0.25, 0.3) is 11.0 Å². The SMILES string of the molecule is O=C1Cn2c(nc3cc([NH+]([O-])O)ccc32)CN1C[C@H]1CCCN2CCCC[C@H]12. The van der Waals surface area contributed by atoms with E-state index in [-0.39, 0.29) is 11.6 Å². The number of nitrogens with zero attached hydrogens (tertiary/aromatic N) is 4. The number of quaternary nitrogens is 1. The monoisotopic (exact) mass is 385 g/mol. The summed E-state index contributed by atoms with van der Waals surface area (Å²) in [5, 5.41) is 19.5. The number of imidazole rings is 1. The van der Waals surface area contributed by atoms with Gasteiger partial charge in [0, 0.05) is 24.7 Å². The second kappa shape index (κ2) is 7.11. The fraction of sp³-hybridized carbons (Fsp3) is 0.600. The number of carbonyl (C=O) groups is 1.